The first-order valence-electron chi connectivity index (χ1n) is 3.46. The first-order chi connectivity index (χ1) is 6.25. The van der Waals surface area contributed by atoms with E-state index in [9.17, 15) is 4.79 Å². The van der Waals surface area contributed by atoms with Crippen LogP contribution in [-0.4, -0.2) is 26.2 Å². The second kappa shape index (κ2) is 2.74. The van der Waals surface area contributed by atoms with Crippen LogP contribution in [0.1, 0.15) is 0 Å². The predicted octanol–water partition coefficient (Wildman–Crippen LogP) is 1.01. The normalized spacial score (nSPS) is 10.2. The van der Waals surface area contributed by atoms with Gasteiger partial charge in [-0.1, -0.05) is 0 Å². The van der Waals surface area contributed by atoms with E-state index in [0.717, 1.165) is 5.52 Å². The number of carbonyl (C=O) groups is 1. The monoisotopic (exact) mass is 179 g/mol. The Hall–Kier alpha value is -2.11. The van der Waals surface area contributed by atoms with Gasteiger partial charge in [0, 0.05) is 6.07 Å². The Balaban J connectivity index is 2.42. The molecule has 0 spiro atoms. The lowest BCUT2D eigenvalue weighted by molar-refractivity contribution is 0.142. The third kappa shape index (κ3) is 1.41. The molecule has 0 aliphatic carbocycles. The van der Waals surface area contributed by atoms with E-state index < -0.39 is 6.16 Å². The molecule has 2 N–H and O–H groups in total. The average molecular weight is 179 g/mol. The number of hydrogen-bond donors (Lipinski definition) is 2. The van der Waals surface area contributed by atoms with Crippen LogP contribution in [0.2, 0.25) is 0 Å². The SMILES string of the molecule is O=C(O)Oc1ccc2[nH]cnc2n1. The number of carboxylic acid groups (broad SMARTS) is 1. The smallest absolute Gasteiger partial charge is 0.449 e. The second-order valence-corrected chi connectivity index (χ2v) is 2.29. The van der Waals surface area contributed by atoms with E-state index in [2.05, 4.69) is 19.7 Å². The zero-order chi connectivity index (χ0) is 9.26. The molecule has 66 valence electrons. The van der Waals surface area contributed by atoms with Crippen molar-refractivity contribution in [1.82, 2.24) is 15.0 Å². The fourth-order valence-corrected chi connectivity index (χ4v) is 0.951. The van der Waals surface area contributed by atoms with Gasteiger partial charge in [0.25, 0.3) is 0 Å². The van der Waals surface area contributed by atoms with E-state index in [0.29, 0.717) is 5.65 Å². The molecular formula is C7H5N3O3. The third-order valence-corrected chi connectivity index (χ3v) is 1.45. The van der Waals surface area contributed by atoms with E-state index in [-0.39, 0.29) is 5.88 Å². The summed E-state index contributed by atoms with van der Waals surface area (Å²) in [6.07, 6.45) is 0.0877. The summed E-state index contributed by atoms with van der Waals surface area (Å²) < 4.78 is 4.34. The van der Waals surface area contributed by atoms with Gasteiger partial charge in [0.05, 0.1) is 11.8 Å². The topological polar surface area (TPSA) is 88.1 Å². The molecule has 0 saturated carbocycles. The number of rotatable bonds is 1. The van der Waals surface area contributed by atoms with Crippen molar-refractivity contribution in [3.63, 3.8) is 0 Å². The number of hydrogen-bond acceptors (Lipinski definition) is 4. The summed E-state index contributed by atoms with van der Waals surface area (Å²) in [5.41, 5.74) is 1.16. The number of nitrogens with zero attached hydrogens (tertiary/aromatic N) is 2. The molecule has 0 saturated heterocycles. The first kappa shape index (κ1) is 7.53. The standard InChI is InChI=1S/C7H5N3O3/c11-7(12)13-5-2-1-4-6(10-5)9-3-8-4/h1-3H,(H,11,12)(H,8,9,10). The zero-order valence-electron chi connectivity index (χ0n) is 6.39. The molecule has 2 aromatic heterocycles. The van der Waals surface area contributed by atoms with Crippen LogP contribution in [0.3, 0.4) is 0 Å². The molecular weight excluding hydrogens is 174 g/mol. The van der Waals surface area contributed by atoms with Crippen molar-refractivity contribution in [3.05, 3.63) is 18.5 Å². The molecule has 0 aromatic carbocycles. The number of pyridine rings is 1. The van der Waals surface area contributed by atoms with Crippen LogP contribution < -0.4 is 4.74 Å². The van der Waals surface area contributed by atoms with Crippen molar-refractivity contribution in [3.8, 4) is 5.88 Å². The molecule has 0 bridgehead atoms. The summed E-state index contributed by atoms with van der Waals surface area (Å²) in [5, 5.41) is 8.30. The van der Waals surface area contributed by atoms with Gasteiger partial charge >= 0.3 is 6.16 Å². The van der Waals surface area contributed by atoms with Crippen LogP contribution in [0.25, 0.3) is 11.2 Å². The summed E-state index contributed by atoms with van der Waals surface area (Å²) in [4.78, 5) is 20.7. The number of aromatic nitrogens is 3. The number of imidazole rings is 1. The van der Waals surface area contributed by atoms with Crippen LogP contribution in [0.5, 0.6) is 5.88 Å². The highest BCUT2D eigenvalue weighted by Crippen LogP contribution is 2.12. The Bertz CT molecular complexity index is 451. The highest BCUT2D eigenvalue weighted by molar-refractivity contribution is 5.71. The quantitative estimate of drug-likeness (QED) is 0.638. The van der Waals surface area contributed by atoms with Gasteiger partial charge in [-0.2, -0.15) is 4.98 Å². The van der Waals surface area contributed by atoms with Crippen LogP contribution >= 0.6 is 0 Å². The maximum Gasteiger partial charge on any atom is 0.512 e. The van der Waals surface area contributed by atoms with Crippen LogP contribution in [0.15, 0.2) is 18.5 Å². The Labute approximate surface area is 72.2 Å². The average Bonchev–Trinajstić information content (AvgIpc) is 2.49. The highest BCUT2D eigenvalue weighted by atomic mass is 16.7. The predicted molar refractivity (Wildman–Crippen MR) is 42.5 cm³/mol. The lowest BCUT2D eigenvalue weighted by Crippen LogP contribution is -2.04. The Morgan fingerprint density at radius 1 is 1.54 bits per heavy atom. The molecule has 0 unspecified atom stereocenters. The highest BCUT2D eigenvalue weighted by Gasteiger charge is 2.04. The maximum atomic E-state index is 10.2. The lowest BCUT2D eigenvalue weighted by atomic mass is 10.4. The van der Waals surface area contributed by atoms with Crippen molar-refractivity contribution >= 4 is 17.3 Å². The number of H-pyrrole nitrogens is 1. The molecule has 6 nitrogen and oxygen atoms in total. The van der Waals surface area contributed by atoms with Gasteiger partial charge in [-0.15, -0.1) is 0 Å². The fourth-order valence-electron chi connectivity index (χ4n) is 0.951. The van der Waals surface area contributed by atoms with Gasteiger partial charge in [-0.25, -0.2) is 9.78 Å². The van der Waals surface area contributed by atoms with E-state index in [1.54, 1.807) is 6.07 Å². The molecule has 0 aliphatic heterocycles. The molecule has 2 heterocycles. The molecule has 0 fully saturated rings. The van der Waals surface area contributed by atoms with Crippen LogP contribution in [-0.2, 0) is 0 Å². The van der Waals surface area contributed by atoms with Gasteiger partial charge in [0.2, 0.25) is 5.88 Å². The van der Waals surface area contributed by atoms with E-state index in [1.165, 1.54) is 12.4 Å². The van der Waals surface area contributed by atoms with Crippen LogP contribution in [0, 0.1) is 0 Å². The molecule has 2 rings (SSSR count). The first-order valence-corrected chi connectivity index (χ1v) is 3.46. The Kier molecular flexibility index (Phi) is 1.59. The van der Waals surface area contributed by atoms with Crippen molar-refractivity contribution < 1.29 is 14.6 Å². The largest absolute Gasteiger partial charge is 0.512 e. The van der Waals surface area contributed by atoms with E-state index in [4.69, 9.17) is 5.11 Å². The van der Waals surface area contributed by atoms with E-state index >= 15 is 0 Å². The molecule has 13 heavy (non-hydrogen) atoms. The van der Waals surface area contributed by atoms with Crippen molar-refractivity contribution in [2.75, 3.05) is 0 Å². The minimum Gasteiger partial charge on any atom is -0.449 e. The second-order valence-electron chi connectivity index (χ2n) is 2.29. The molecule has 0 radical (unpaired) electrons. The zero-order valence-corrected chi connectivity index (χ0v) is 6.39. The summed E-state index contributed by atoms with van der Waals surface area (Å²) in [5.74, 6) is 0.0205. The maximum absolute atomic E-state index is 10.2. The minimum absolute atomic E-state index is 0.0205. The third-order valence-electron chi connectivity index (χ3n) is 1.45. The number of nitrogens with one attached hydrogen (secondary N) is 1. The Morgan fingerprint density at radius 3 is 3.15 bits per heavy atom. The van der Waals surface area contributed by atoms with Gasteiger partial charge in [0.1, 0.15) is 0 Å². The Morgan fingerprint density at radius 2 is 2.38 bits per heavy atom. The number of aromatic amines is 1. The van der Waals surface area contributed by atoms with E-state index in [1.807, 2.05) is 0 Å². The molecule has 2 aromatic rings. The molecule has 0 atom stereocenters. The van der Waals surface area contributed by atoms with Gasteiger partial charge < -0.3 is 14.8 Å². The van der Waals surface area contributed by atoms with Crippen molar-refractivity contribution in [1.29, 1.82) is 0 Å². The summed E-state index contributed by atoms with van der Waals surface area (Å²) in [6, 6.07) is 3.10. The summed E-state index contributed by atoms with van der Waals surface area (Å²) in [6.45, 7) is 0. The molecule has 0 aliphatic rings. The summed E-state index contributed by atoms with van der Waals surface area (Å²) in [7, 11) is 0. The minimum atomic E-state index is -1.39. The number of ether oxygens (including phenoxy) is 1. The number of fused-ring (bicyclic) bond motifs is 1. The van der Waals surface area contributed by atoms with Crippen LogP contribution in [0.4, 0.5) is 4.79 Å². The fraction of sp³-hybridized carbons (Fsp3) is 0. The van der Waals surface area contributed by atoms with Crippen molar-refractivity contribution in [2.45, 2.75) is 0 Å². The summed E-state index contributed by atoms with van der Waals surface area (Å²) >= 11 is 0. The molecule has 0 amide bonds. The van der Waals surface area contributed by atoms with Gasteiger partial charge in [-0.3, -0.25) is 0 Å². The molecule has 6 heteroatoms. The van der Waals surface area contributed by atoms with Gasteiger partial charge in [0.15, 0.2) is 5.65 Å². The lowest BCUT2D eigenvalue weighted by Gasteiger charge is -1.96. The van der Waals surface area contributed by atoms with Gasteiger partial charge in [-0.05, 0) is 6.07 Å². The van der Waals surface area contributed by atoms with Crippen molar-refractivity contribution in [2.24, 2.45) is 0 Å².